The van der Waals surface area contributed by atoms with E-state index in [0.29, 0.717) is 0 Å². The summed E-state index contributed by atoms with van der Waals surface area (Å²) in [5.41, 5.74) is -3.92. The predicted octanol–water partition coefficient (Wildman–Crippen LogP) is 4.27. The van der Waals surface area contributed by atoms with Crippen molar-refractivity contribution in [3.8, 4) is 0 Å². The summed E-state index contributed by atoms with van der Waals surface area (Å²) in [5, 5.41) is 0. The van der Waals surface area contributed by atoms with E-state index in [1.54, 1.807) is 12.1 Å². The largest absolute Gasteiger partial charge is 0.516 e. The molecular weight excluding hydrogens is 327 g/mol. The van der Waals surface area contributed by atoms with Crippen LogP contribution >= 0.6 is 0 Å². The van der Waals surface area contributed by atoms with Crippen LogP contribution in [0.5, 0.6) is 0 Å². The third kappa shape index (κ3) is 3.67. The lowest BCUT2D eigenvalue weighted by Crippen LogP contribution is -2.30. The van der Waals surface area contributed by atoms with Gasteiger partial charge >= 0.3 is 15.5 Å². The number of benzene rings is 2. The third-order valence-electron chi connectivity index (χ3n) is 3.66. The molecule has 7 heteroatoms. The number of nitrogens with one attached hydrogen (secondary N) is 1. The highest BCUT2D eigenvalue weighted by atomic mass is 32.2. The number of hydrogen-bond acceptors (Lipinski definition) is 2. The molecule has 124 valence electrons. The van der Waals surface area contributed by atoms with E-state index in [2.05, 4.69) is 0 Å². The van der Waals surface area contributed by atoms with Crippen LogP contribution in [-0.2, 0) is 15.4 Å². The summed E-state index contributed by atoms with van der Waals surface area (Å²) >= 11 is 0. The minimum Gasteiger partial charge on any atom is -0.276 e. The fraction of sp³-hybridized carbons (Fsp3) is 0.250. The van der Waals surface area contributed by atoms with Gasteiger partial charge in [0.05, 0.1) is 0 Å². The first-order valence-electron chi connectivity index (χ1n) is 6.79. The lowest BCUT2D eigenvalue weighted by Gasteiger charge is -2.26. The molecule has 1 N–H and O–H groups in total. The predicted molar refractivity (Wildman–Crippen MR) is 83.6 cm³/mol. The smallest absolute Gasteiger partial charge is 0.276 e. The molecule has 23 heavy (non-hydrogen) atoms. The second kappa shape index (κ2) is 5.88. The van der Waals surface area contributed by atoms with Crippen LogP contribution in [0.4, 0.5) is 18.9 Å². The maximum Gasteiger partial charge on any atom is 0.516 e. The van der Waals surface area contributed by atoms with Crippen molar-refractivity contribution < 1.29 is 21.6 Å². The Kier molecular flexibility index (Phi) is 4.43. The molecule has 2 rings (SSSR count). The number of rotatable bonds is 4. The normalized spacial score (nSPS) is 12.9. The molecule has 2 aromatic rings. The zero-order chi connectivity index (χ0) is 17.3. The van der Waals surface area contributed by atoms with Gasteiger partial charge in [-0.1, -0.05) is 56.3 Å². The molecule has 0 radical (unpaired) electrons. The maximum absolute atomic E-state index is 12.4. The Labute approximate surface area is 133 Å². The summed E-state index contributed by atoms with van der Waals surface area (Å²) < 4.78 is 60.8. The molecule has 0 bridgehead atoms. The number of sulfonamides is 1. The van der Waals surface area contributed by atoms with Crippen LogP contribution in [0, 0.1) is 0 Å². The molecule has 0 aliphatic rings. The lowest BCUT2D eigenvalue weighted by atomic mass is 9.78. The van der Waals surface area contributed by atoms with Gasteiger partial charge < -0.3 is 0 Å². The molecule has 0 aromatic heterocycles. The van der Waals surface area contributed by atoms with Crippen LogP contribution < -0.4 is 4.72 Å². The Hall–Kier alpha value is -2.02. The van der Waals surface area contributed by atoms with Crippen molar-refractivity contribution in [2.75, 3.05) is 4.72 Å². The SMILES string of the molecule is CC(C)(c1ccccc1)c1ccc(NS(=O)(=O)C(F)(F)F)cc1. The lowest BCUT2D eigenvalue weighted by molar-refractivity contribution is -0.0429. The van der Waals surface area contributed by atoms with Gasteiger partial charge in [0, 0.05) is 11.1 Å². The van der Waals surface area contributed by atoms with Gasteiger partial charge in [0.25, 0.3) is 0 Å². The van der Waals surface area contributed by atoms with Crippen LogP contribution in [0.15, 0.2) is 54.6 Å². The minimum atomic E-state index is -5.40. The van der Waals surface area contributed by atoms with Gasteiger partial charge in [-0.15, -0.1) is 0 Å². The quantitative estimate of drug-likeness (QED) is 0.901. The first-order chi connectivity index (χ1) is 10.5. The molecule has 0 spiro atoms. The summed E-state index contributed by atoms with van der Waals surface area (Å²) in [6.45, 7) is 3.97. The Morgan fingerprint density at radius 3 is 1.78 bits per heavy atom. The van der Waals surface area contributed by atoms with Gasteiger partial charge in [0.1, 0.15) is 0 Å². The Balaban J connectivity index is 2.27. The van der Waals surface area contributed by atoms with Crippen LogP contribution in [0.3, 0.4) is 0 Å². The number of anilines is 1. The molecule has 0 aliphatic heterocycles. The maximum atomic E-state index is 12.4. The van der Waals surface area contributed by atoms with Crippen molar-refractivity contribution in [2.24, 2.45) is 0 Å². The van der Waals surface area contributed by atoms with E-state index in [1.807, 2.05) is 44.2 Å². The summed E-state index contributed by atoms with van der Waals surface area (Å²) in [5.74, 6) is 0. The Morgan fingerprint density at radius 2 is 1.30 bits per heavy atom. The molecule has 0 aliphatic carbocycles. The van der Waals surface area contributed by atoms with Crippen molar-refractivity contribution in [2.45, 2.75) is 24.8 Å². The van der Waals surface area contributed by atoms with E-state index in [0.717, 1.165) is 11.1 Å². The summed E-state index contributed by atoms with van der Waals surface area (Å²) in [4.78, 5) is 0. The Bertz CT molecular complexity index is 767. The van der Waals surface area contributed by atoms with Gasteiger partial charge in [-0.3, -0.25) is 4.72 Å². The van der Waals surface area contributed by atoms with E-state index in [-0.39, 0.29) is 11.1 Å². The molecular formula is C16H16F3NO2S. The molecule has 0 fully saturated rings. The van der Waals surface area contributed by atoms with Crippen molar-refractivity contribution in [1.29, 1.82) is 0 Å². The molecule has 2 aromatic carbocycles. The molecule has 0 saturated carbocycles. The molecule has 0 amide bonds. The van der Waals surface area contributed by atoms with Crippen molar-refractivity contribution in [1.82, 2.24) is 0 Å². The molecule has 0 heterocycles. The van der Waals surface area contributed by atoms with E-state index in [1.165, 1.54) is 16.9 Å². The fourth-order valence-corrected chi connectivity index (χ4v) is 2.75. The van der Waals surface area contributed by atoms with Crippen molar-refractivity contribution in [3.05, 3.63) is 65.7 Å². The second-order valence-corrected chi connectivity index (χ2v) is 7.29. The van der Waals surface area contributed by atoms with E-state index < -0.39 is 15.5 Å². The molecule has 3 nitrogen and oxygen atoms in total. The van der Waals surface area contributed by atoms with E-state index >= 15 is 0 Å². The zero-order valence-corrected chi connectivity index (χ0v) is 13.4. The molecule has 0 atom stereocenters. The van der Waals surface area contributed by atoms with Crippen LogP contribution in [0.25, 0.3) is 0 Å². The van der Waals surface area contributed by atoms with Gasteiger partial charge in [0.15, 0.2) is 0 Å². The number of alkyl halides is 3. The average Bonchev–Trinajstić information content (AvgIpc) is 2.47. The van der Waals surface area contributed by atoms with Gasteiger partial charge in [-0.2, -0.15) is 21.6 Å². The topological polar surface area (TPSA) is 46.2 Å². The summed E-state index contributed by atoms with van der Waals surface area (Å²) in [7, 11) is -5.40. The van der Waals surface area contributed by atoms with E-state index in [4.69, 9.17) is 0 Å². The standard InChI is InChI=1S/C16H16F3NO2S/c1-15(2,12-6-4-3-5-7-12)13-8-10-14(11-9-13)20-23(21,22)16(17,18)19/h3-11,20H,1-2H3. The first-order valence-corrected chi connectivity index (χ1v) is 8.27. The van der Waals surface area contributed by atoms with Crippen molar-refractivity contribution in [3.63, 3.8) is 0 Å². The second-order valence-electron chi connectivity index (χ2n) is 5.62. The monoisotopic (exact) mass is 343 g/mol. The van der Waals surface area contributed by atoms with Crippen LogP contribution in [-0.4, -0.2) is 13.9 Å². The van der Waals surface area contributed by atoms with E-state index in [9.17, 15) is 21.6 Å². The highest BCUT2D eigenvalue weighted by Gasteiger charge is 2.46. The van der Waals surface area contributed by atoms with Gasteiger partial charge in [0.2, 0.25) is 0 Å². The molecule has 0 unspecified atom stereocenters. The minimum absolute atomic E-state index is 0.130. The molecule has 0 saturated heterocycles. The zero-order valence-electron chi connectivity index (χ0n) is 12.6. The average molecular weight is 343 g/mol. The third-order valence-corrected chi connectivity index (χ3v) is 4.77. The summed E-state index contributed by atoms with van der Waals surface area (Å²) in [6.07, 6.45) is 0. The number of halogens is 3. The first kappa shape index (κ1) is 17.3. The fourth-order valence-electron chi connectivity index (χ4n) is 2.19. The highest BCUT2D eigenvalue weighted by molar-refractivity contribution is 7.93. The van der Waals surface area contributed by atoms with Gasteiger partial charge in [-0.05, 0) is 23.3 Å². The van der Waals surface area contributed by atoms with Gasteiger partial charge in [-0.25, -0.2) is 0 Å². The van der Waals surface area contributed by atoms with Crippen LogP contribution in [0.1, 0.15) is 25.0 Å². The van der Waals surface area contributed by atoms with Crippen LogP contribution in [0.2, 0.25) is 0 Å². The van der Waals surface area contributed by atoms with Crippen molar-refractivity contribution >= 4 is 15.7 Å². The highest BCUT2D eigenvalue weighted by Crippen LogP contribution is 2.32. The summed E-state index contributed by atoms with van der Waals surface area (Å²) in [6, 6.07) is 15.5. The number of hydrogen-bond donors (Lipinski definition) is 1. The Morgan fingerprint density at radius 1 is 0.826 bits per heavy atom.